The van der Waals surface area contributed by atoms with Gasteiger partial charge in [-0.25, -0.2) is 0 Å². The Labute approximate surface area is 254 Å². The van der Waals surface area contributed by atoms with Crippen LogP contribution in [0.3, 0.4) is 0 Å². The predicted molar refractivity (Wildman–Crippen MR) is 180 cm³/mol. The standard InChI is InChI=1S/C39H64O2/c1-9-11-13-15-17-19-21-23-30-25-32(36(40)34(27-30)38(3,4)5)29-33-26-31(24-22-20-18-16-14-12-10-2)28-35(37(33)41)39(6,7)8/h25-28,40-41H,9-24,29H2,1-8H3. The lowest BCUT2D eigenvalue weighted by Gasteiger charge is -2.25. The third-order valence-electron chi connectivity index (χ3n) is 8.63. The topological polar surface area (TPSA) is 40.5 Å². The smallest absolute Gasteiger partial charge is 0.122 e. The molecule has 41 heavy (non-hydrogen) atoms. The molecule has 2 aromatic carbocycles. The molecule has 0 amide bonds. The molecule has 0 aromatic heterocycles. The highest BCUT2D eigenvalue weighted by atomic mass is 16.3. The first kappa shape index (κ1) is 35.2. The van der Waals surface area contributed by atoms with E-state index < -0.39 is 0 Å². The predicted octanol–water partition coefficient (Wildman–Crippen LogP) is 11.9. The van der Waals surface area contributed by atoms with E-state index >= 15 is 0 Å². The second kappa shape index (κ2) is 17.2. The minimum absolute atomic E-state index is 0.146. The van der Waals surface area contributed by atoms with Crippen LogP contribution in [0.1, 0.15) is 179 Å². The molecule has 0 heterocycles. The van der Waals surface area contributed by atoms with Gasteiger partial charge in [-0.15, -0.1) is 0 Å². The lowest BCUT2D eigenvalue weighted by molar-refractivity contribution is 0.435. The Morgan fingerprint density at radius 3 is 1.10 bits per heavy atom. The van der Waals surface area contributed by atoms with E-state index in [1.54, 1.807) is 0 Å². The monoisotopic (exact) mass is 564 g/mol. The van der Waals surface area contributed by atoms with Crippen LogP contribution in [0.2, 0.25) is 0 Å². The van der Waals surface area contributed by atoms with Crippen molar-refractivity contribution in [1.82, 2.24) is 0 Å². The number of rotatable bonds is 18. The summed E-state index contributed by atoms with van der Waals surface area (Å²) in [6.07, 6.45) is 20.8. The van der Waals surface area contributed by atoms with Gasteiger partial charge in [-0.2, -0.15) is 0 Å². The van der Waals surface area contributed by atoms with Gasteiger partial charge in [0.2, 0.25) is 0 Å². The van der Waals surface area contributed by atoms with Crippen molar-refractivity contribution in [2.45, 2.75) is 175 Å². The summed E-state index contributed by atoms with van der Waals surface area (Å²) in [5.74, 6) is 0.796. The largest absolute Gasteiger partial charge is 0.507 e. The Balaban J connectivity index is 2.28. The molecular formula is C39H64O2. The Morgan fingerprint density at radius 1 is 0.463 bits per heavy atom. The van der Waals surface area contributed by atoms with Crippen molar-refractivity contribution in [3.05, 3.63) is 57.6 Å². The second-order valence-corrected chi connectivity index (χ2v) is 14.7. The molecule has 0 unspecified atom stereocenters. The Bertz CT molecular complexity index is 951. The van der Waals surface area contributed by atoms with E-state index in [4.69, 9.17) is 0 Å². The number of hydrogen-bond acceptors (Lipinski definition) is 2. The molecule has 232 valence electrons. The molecule has 0 saturated carbocycles. The van der Waals surface area contributed by atoms with Crippen LogP contribution in [0.4, 0.5) is 0 Å². The van der Waals surface area contributed by atoms with Crippen molar-refractivity contribution in [1.29, 1.82) is 0 Å². The van der Waals surface area contributed by atoms with E-state index in [2.05, 4.69) is 79.7 Å². The highest BCUT2D eigenvalue weighted by Gasteiger charge is 2.25. The second-order valence-electron chi connectivity index (χ2n) is 14.7. The fourth-order valence-electron chi connectivity index (χ4n) is 6.00. The highest BCUT2D eigenvalue weighted by molar-refractivity contribution is 5.53. The van der Waals surface area contributed by atoms with Crippen LogP contribution in [0.25, 0.3) is 0 Å². The van der Waals surface area contributed by atoms with Crippen LogP contribution >= 0.6 is 0 Å². The molecule has 2 N–H and O–H groups in total. The van der Waals surface area contributed by atoms with E-state index in [9.17, 15) is 10.2 Å². The molecular weight excluding hydrogens is 500 g/mol. The maximum absolute atomic E-state index is 11.5. The number of benzene rings is 2. The summed E-state index contributed by atoms with van der Waals surface area (Å²) >= 11 is 0. The van der Waals surface area contributed by atoms with Crippen molar-refractivity contribution in [3.8, 4) is 11.5 Å². The fourth-order valence-corrected chi connectivity index (χ4v) is 6.00. The quantitative estimate of drug-likeness (QED) is 0.177. The number of aromatic hydroxyl groups is 2. The van der Waals surface area contributed by atoms with Gasteiger partial charge >= 0.3 is 0 Å². The molecule has 2 heteroatoms. The molecule has 0 aliphatic carbocycles. The lowest BCUT2D eigenvalue weighted by atomic mass is 9.81. The van der Waals surface area contributed by atoms with E-state index in [0.29, 0.717) is 17.9 Å². The van der Waals surface area contributed by atoms with E-state index in [-0.39, 0.29) is 10.8 Å². The minimum atomic E-state index is -0.146. The third kappa shape index (κ3) is 12.0. The Morgan fingerprint density at radius 2 is 0.780 bits per heavy atom. The average molecular weight is 565 g/mol. The van der Waals surface area contributed by atoms with Crippen LogP contribution < -0.4 is 0 Å². The average Bonchev–Trinajstić information content (AvgIpc) is 2.89. The summed E-state index contributed by atoms with van der Waals surface area (Å²) in [5, 5.41) is 22.9. The van der Waals surface area contributed by atoms with E-state index in [1.807, 2.05) is 0 Å². The minimum Gasteiger partial charge on any atom is -0.507 e. The zero-order valence-electron chi connectivity index (χ0n) is 28.2. The van der Waals surface area contributed by atoms with Crippen LogP contribution in [0, 0.1) is 0 Å². The van der Waals surface area contributed by atoms with Crippen molar-refractivity contribution >= 4 is 0 Å². The summed E-state index contributed by atoms with van der Waals surface area (Å²) in [6.45, 7) is 17.6. The first-order valence-electron chi connectivity index (χ1n) is 17.1. The maximum Gasteiger partial charge on any atom is 0.122 e. The summed E-state index contributed by atoms with van der Waals surface area (Å²) < 4.78 is 0. The number of unbranched alkanes of at least 4 members (excludes halogenated alkanes) is 12. The van der Waals surface area contributed by atoms with Crippen molar-refractivity contribution in [3.63, 3.8) is 0 Å². The van der Waals surface area contributed by atoms with Gasteiger partial charge in [0, 0.05) is 6.42 Å². The van der Waals surface area contributed by atoms with Crippen LogP contribution in [-0.2, 0) is 30.1 Å². The molecule has 2 nitrogen and oxygen atoms in total. The Hall–Kier alpha value is -1.96. The van der Waals surface area contributed by atoms with Crippen LogP contribution in [-0.4, -0.2) is 10.2 Å². The molecule has 0 aliphatic rings. The van der Waals surface area contributed by atoms with Gasteiger partial charge in [0.05, 0.1) is 0 Å². The molecule has 0 atom stereocenters. The first-order valence-corrected chi connectivity index (χ1v) is 17.1. The SMILES string of the molecule is CCCCCCCCCc1cc(Cc2cc(CCCCCCCCC)cc(C(C)(C)C)c2O)c(O)c(C(C)(C)C)c1. The van der Waals surface area contributed by atoms with Crippen molar-refractivity contribution in [2.24, 2.45) is 0 Å². The summed E-state index contributed by atoms with van der Waals surface area (Å²) in [5.41, 5.74) is 6.25. The zero-order valence-corrected chi connectivity index (χ0v) is 28.2. The molecule has 0 saturated heterocycles. The molecule has 0 spiro atoms. The van der Waals surface area contributed by atoms with Gasteiger partial charge in [0.25, 0.3) is 0 Å². The van der Waals surface area contributed by atoms with Gasteiger partial charge in [-0.05, 0) is 69.9 Å². The van der Waals surface area contributed by atoms with E-state index in [0.717, 1.165) is 35.1 Å². The van der Waals surface area contributed by atoms with Crippen molar-refractivity contribution < 1.29 is 10.2 Å². The number of phenolic OH excluding ortho intramolecular Hbond substituents is 2. The molecule has 2 rings (SSSR count). The summed E-state index contributed by atoms with van der Waals surface area (Å²) in [4.78, 5) is 0. The highest BCUT2D eigenvalue weighted by Crippen LogP contribution is 2.40. The normalized spacial score (nSPS) is 12.3. The van der Waals surface area contributed by atoms with Gasteiger partial charge in [-0.1, -0.05) is 157 Å². The van der Waals surface area contributed by atoms with Crippen LogP contribution in [0.5, 0.6) is 11.5 Å². The number of phenols is 2. The zero-order chi connectivity index (χ0) is 30.5. The maximum atomic E-state index is 11.5. The van der Waals surface area contributed by atoms with Crippen molar-refractivity contribution in [2.75, 3.05) is 0 Å². The fraction of sp³-hybridized carbons (Fsp3) is 0.692. The van der Waals surface area contributed by atoms with Gasteiger partial charge in [0.15, 0.2) is 0 Å². The third-order valence-corrected chi connectivity index (χ3v) is 8.63. The molecule has 2 aromatic rings. The Kier molecular flexibility index (Phi) is 14.8. The number of hydrogen-bond donors (Lipinski definition) is 2. The number of aryl methyl sites for hydroxylation is 2. The molecule has 0 aliphatic heterocycles. The van der Waals surface area contributed by atoms with Crippen LogP contribution in [0.15, 0.2) is 24.3 Å². The van der Waals surface area contributed by atoms with E-state index in [1.165, 1.54) is 101 Å². The molecule has 0 bridgehead atoms. The first-order chi connectivity index (χ1) is 19.4. The molecule has 0 fully saturated rings. The van der Waals surface area contributed by atoms with Gasteiger partial charge in [0.1, 0.15) is 11.5 Å². The lowest BCUT2D eigenvalue weighted by Crippen LogP contribution is -2.14. The summed E-state index contributed by atoms with van der Waals surface area (Å²) in [7, 11) is 0. The van der Waals surface area contributed by atoms with Gasteiger partial charge < -0.3 is 10.2 Å². The van der Waals surface area contributed by atoms with Gasteiger partial charge in [-0.3, -0.25) is 0 Å². The molecule has 0 radical (unpaired) electrons. The summed E-state index contributed by atoms with van der Waals surface area (Å²) in [6, 6.07) is 8.88.